The van der Waals surface area contributed by atoms with E-state index in [0.29, 0.717) is 17.7 Å². The van der Waals surface area contributed by atoms with Crippen molar-refractivity contribution in [3.63, 3.8) is 0 Å². The maximum atomic E-state index is 13.3. The molecule has 9 N–H and O–H groups in total. The Morgan fingerprint density at radius 3 is 1.86 bits per heavy atom. The molecule has 400 valence electrons. The largest absolute Gasteiger partial charge is 0.505 e. The number of nitrogens with one attached hydrogen (secondary N) is 3. The first-order chi connectivity index (χ1) is 36.7. The maximum absolute atomic E-state index is 13.3. The van der Waals surface area contributed by atoms with Gasteiger partial charge in [0, 0.05) is 17.8 Å². The van der Waals surface area contributed by atoms with Gasteiger partial charge in [0.2, 0.25) is 10.9 Å². The Bertz CT molecular complexity index is 4000. The van der Waals surface area contributed by atoms with Crippen LogP contribution in [0, 0.1) is 10.1 Å². The topological polar surface area (TPSA) is 443 Å². The minimum Gasteiger partial charge on any atom is -0.505 e. The monoisotopic (exact) mass is 1160 g/mol. The Hall–Kier alpha value is -8.17. The lowest BCUT2D eigenvalue weighted by Gasteiger charge is -2.14. The van der Waals surface area contributed by atoms with Crippen LogP contribution in [0.15, 0.2) is 181 Å². The van der Waals surface area contributed by atoms with Gasteiger partial charge in [0.05, 0.1) is 77.8 Å². The highest BCUT2D eigenvalue weighted by molar-refractivity contribution is 7.94. The molecule has 30 nitrogen and oxygen atoms in total. The van der Waals surface area contributed by atoms with Crippen molar-refractivity contribution in [2.75, 3.05) is 33.7 Å². The van der Waals surface area contributed by atoms with Crippen LogP contribution in [0.5, 0.6) is 5.75 Å². The minimum atomic E-state index is -5.18. The zero-order valence-corrected chi connectivity index (χ0v) is 42.2. The number of hydrogen-bond donors (Lipinski definition) is 8. The quantitative estimate of drug-likeness (QED) is 0.00490. The van der Waals surface area contributed by atoms with Crippen LogP contribution in [-0.2, 0) is 52.9 Å². The summed E-state index contributed by atoms with van der Waals surface area (Å²) in [5.74, 6) is -1.41. The SMILES string of the molecule is Nc1c(N=Nc2ccc(S(=O)(=O)CCOSOOO)cc2)c(SOOO)cc2cc(S(=O)(=O)O)c(N=Nc3ccc(S(=O)(=O)Nc4ccc(N/N=c5/ccc(=O)/c(=N\Nc6ccc([N+](=O)[O-])cc6)c5=O)cc4)cc3)c(O)c12. The van der Waals surface area contributed by atoms with Crippen molar-refractivity contribution < 1.29 is 73.3 Å². The Balaban J connectivity index is 1.07. The van der Waals surface area contributed by atoms with Gasteiger partial charge in [-0.2, -0.15) is 28.8 Å². The number of benzene rings is 7. The van der Waals surface area contributed by atoms with Crippen LogP contribution in [0.4, 0.5) is 51.2 Å². The Kier molecular flexibility index (Phi) is 18.1. The van der Waals surface area contributed by atoms with Crippen molar-refractivity contribution in [3.05, 3.63) is 163 Å². The first kappa shape index (κ1) is 56.6. The molecule has 0 unspecified atom stereocenters. The number of azo groups is 2. The van der Waals surface area contributed by atoms with Crippen LogP contribution < -0.4 is 42.9 Å². The molecule has 0 saturated heterocycles. The number of nitrogens with two attached hydrogens (primary N) is 1. The second-order valence-corrected chi connectivity index (χ2v) is 21.4. The number of non-ortho nitro benzene ring substituents is 1. The van der Waals surface area contributed by atoms with E-state index < -0.39 is 73.2 Å². The fourth-order valence-electron chi connectivity index (χ4n) is 6.44. The molecule has 0 heterocycles. The summed E-state index contributed by atoms with van der Waals surface area (Å²) in [4.78, 5) is 34.3. The third-order valence-corrected chi connectivity index (χ3v) is 15.0. The number of sulfone groups is 1. The summed E-state index contributed by atoms with van der Waals surface area (Å²) in [5.41, 5.74) is 9.07. The molecule has 0 saturated carbocycles. The lowest BCUT2D eigenvalue weighted by atomic mass is 10.1. The average Bonchev–Trinajstić information content (AvgIpc) is 3.48. The number of phenols is 1. The zero-order valence-electron chi connectivity index (χ0n) is 38.1. The Labute approximate surface area is 439 Å². The lowest BCUT2D eigenvalue weighted by molar-refractivity contribution is -0.434. The summed E-state index contributed by atoms with van der Waals surface area (Å²) in [5, 5.41) is 69.1. The number of phenolic OH excluding ortho intramolecular Hbond substituents is 1. The molecule has 0 amide bonds. The van der Waals surface area contributed by atoms with Crippen LogP contribution in [0.1, 0.15) is 0 Å². The molecule has 7 aromatic rings. The van der Waals surface area contributed by atoms with Gasteiger partial charge in [0.15, 0.2) is 33.3 Å². The number of fused-ring (bicyclic) bond motifs is 1. The molecule has 0 aliphatic rings. The van der Waals surface area contributed by atoms with Crippen molar-refractivity contribution in [1.82, 2.24) is 0 Å². The number of hydrogen-bond acceptors (Lipinski definition) is 29. The number of nitro groups is 1. The third-order valence-electron chi connectivity index (χ3n) is 10.1. The summed E-state index contributed by atoms with van der Waals surface area (Å²) < 4.78 is 103. The molecule has 77 heavy (non-hydrogen) atoms. The lowest BCUT2D eigenvalue weighted by Crippen LogP contribution is -2.47. The molecular weight excluding hydrogens is 1120 g/mol. The van der Waals surface area contributed by atoms with Gasteiger partial charge in [-0.1, -0.05) is 10.1 Å². The van der Waals surface area contributed by atoms with E-state index in [9.17, 15) is 54.6 Å². The van der Waals surface area contributed by atoms with Crippen LogP contribution in [0.3, 0.4) is 0 Å². The van der Waals surface area contributed by atoms with Crippen LogP contribution in [0.25, 0.3) is 10.8 Å². The second kappa shape index (κ2) is 24.7. The third kappa shape index (κ3) is 14.2. The van der Waals surface area contributed by atoms with Gasteiger partial charge in [0.25, 0.3) is 25.8 Å². The van der Waals surface area contributed by atoms with Gasteiger partial charge in [-0.15, -0.1) is 18.9 Å². The summed E-state index contributed by atoms with van der Waals surface area (Å²) in [6.45, 7) is -0.339. The van der Waals surface area contributed by atoms with Crippen LogP contribution >= 0.6 is 24.4 Å². The highest BCUT2D eigenvalue weighted by Gasteiger charge is 2.26. The molecule has 0 aliphatic heterocycles. The zero-order chi connectivity index (χ0) is 55.5. The van der Waals surface area contributed by atoms with Crippen LogP contribution in [-0.4, -0.2) is 62.7 Å². The van der Waals surface area contributed by atoms with E-state index in [1.807, 2.05) is 0 Å². The van der Waals surface area contributed by atoms with Crippen molar-refractivity contribution in [2.45, 2.75) is 19.6 Å². The number of sulfonamides is 1. The van der Waals surface area contributed by atoms with Gasteiger partial charge in [0.1, 0.15) is 21.6 Å². The standard InChI is InChI=1S/C42H33N11O19S5/c43-37-36-23(21-34(73-71-69-59)39(37)50-46-26-7-13-30(14-8-26)75(61,62)20-19-68-74-72-70-60)22-35(77(65,66)67)40(42(36)56)51-47-27-9-15-31(16-10-27)76(63,64)52-28-3-1-24(2-4-28)44-48-32-17-18-33(54)38(41(32)55)49-45-25-5-11-29(12-6-25)53(57)58/h1-18,21-22,44-45,52,56,59-60H,19-20,43H2,(H,65,66,67)/b48-32-,49-38+,50-46?,51-47?. The first-order valence-corrected chi connectivity index (χ1v) is 26.8. The van der Waals surface area contributed by atoms with Crippen molar-refractivity contribution in [1.29, 1.82) is 0 Å². The van der Waals surface area contributed by atoms with Gasteiger partial charge < -0.3 is 10.8 Å². The number of nitrogens with zero attached hydrogens (tertiary/aromatic N) is 7. The number of rotatable bonds is 23. The summed E-state index contributed by atoms with van der Waals surface area (Å²) in [6.07, 6.45) is 0. The predicted octanol–water partition coefficient (Wildman–Crippen LogP) is 6.57. The molecule has 0 spiro atoms. The molecule has 7 rings (SSSR count). The molecule has 0 aliphatic carbocycles. The minimum absolute atomic E-state index is 0.0687. The summed E-state index contributed by atoms with van der Waals surface area (Å²) in [6, 6.07) is 24.6. The first-order valence-electron chi connectivity index (χ1n) is 20.8. The molecule has 0 atom stereocenters. The normalized spacial score (nSPS) is 12.7. The van der Waals surface area contributed by atoms with Crippen LogP contribution in [0.2, 0.25) is 0 Å². The number of aromatic hydroxyl groups is 1. The van der Waals surface area contributed by atoms with E-state index in [2.05, 4.69) is 65.0 Å². The highest BCUT2D eigenvalue weighted by Crippen LogP contribution is 2.49. The van der Waals surface area contributed by atoms with E-state index in [1.54, 1.807) is 0 Å². The summed E-state index contributed by atoms with van der Waals surface area (Å²) >= 11 is 0.521. The molecule has 0 fully saturated rings. The highest BCUT2D eigenvalue weighted by atomic mass is 32.2. The second-order valence-electron chi connectivity index (χ2n) is 14.9. The number of anilines is 4. The fraction of sp³-hybridized carbons (Fsp3) is 0.0476. The maximum Gasteiger partial charge on any atom is 0.296 e. The molecule has 7 aromatic carbocycles. The predicted molar refractivity (Wildman–Crippen MR) is 272 cm³/mol. The van der Waals surface area contributed by atoms with Gasteiger partial charge in [-0.3, -0.25) is 44.0 Å². The van der Waals surface area contributed by atoms with Crippen molar-refractivity contribution in [2.24, 2.45) is 30.7 Å². The van der Waals surface area contributed by atoms with Crippen molar-refractivity contribution >= 4 is 116 Å². The average molecular weight is 1160 g/mol. The Morgan fingerprint density at radius 1 is 0.688 bits per heavy atom. The van der Waals surface area contributed by atoms with Gasteiger partial charge in [-0.25, -0.2) is 27.4 Å². The molecule has 0 radical (unpaired) electrons. The Morgan fingerprint density at radius 2 is 1.26 bits per heavy atom. The van der Waals surface area contributed by atoms with Gasteiger partial charge in [-0.05, 0) is 115 Å². The molecule has 0 aromatic heterocycles. The molecular formula is C42H33N11O19S5. The van der Waals surface area contributed by atoms with E-state index in [1.165, 1.54) is 91.0 Å². The van der Waals surface area contributed by atoms with Crippen molar-refractivity contribution in [3.8, 4) is 5.75 Å². The smallest absolute Gasteiger partial charge is 0.296 e. The van der Waals surface area contributed by atoms with E-state index >= 15 is 0 Å². The fourth-order valence-corrected chi connectivity index (χ4v) is 10.1. The molecule has 35 heteroatoms. The van der Waals surface area contributed by atoms with E-state index in [-0.39, 0.29) is 89.6 Å². The van der Waals surface area contributed by atoms with E-state index in [0.717, 1.165) is 30.3 Å². The van der Waals surface area contributed by atoms with Gasteiger partial charge >= 0.3 is 0 Å². The number of nitro benzene ring substituents is 1. The van der Waals surface area contributed by atoms with E-state index in [4.69, 9.17) is 20.4 Å². The number of nitrogen functional groups attached to an aromatic ring is 1. The summed E-state index contributed by atoms with van der Waals surface area (Å²) in [7, 11) is -13.3. The molecule has 0 bridgehead atoms.